The molecule has 1 fully saturated rings. The summed E-state index contributed by atoms with van der Waals surface area (Å²) in [7, 11) is 3.87. The first-order valence-corrected chi connectivity index (χ1v) is 9.04. The van der Waals surface area contributed by atoms with E-state index >= 15 is 0 Å². The third kappa shape index (κ3) is 3.24. The fourth-order valence-electron chi connectivity index (χ4n) is 3.54. The molecule has 1 aliphatic heterocycles. The predicted molar refractivity (Wildman–Crippen MR) is 105 cm³/mol. The van der Waals surface area contributed by atoms with Crippen LogP contribution in [-0.4, -0.2) is 43.2 Å². The minimum atomic E-state index is 0.465. The summed E-state index contributed by atoms with van der Waals surface area (Å²) in [4.78, 5) is 7.17. The lowest BCUT2D eigenvalue weighted by atomic mass is 10.0. The molecule has 1 aliphatic rings. The molecule has 5 heteroatoms. The molecule has 1 saturated heterocycles. The van der Waals surface area contributed by atoms with Crippen LogP contribution in [0.4, 0.5) is 5.69 Å². The Hall–Kier alpha value is -2.04. The number of likely N-dealkylation sites (tertiary alicyclic amines) is 1. The van der Waals surface area contributed by atoms with Gasteiger partial charge in [-0.05, 0) is 69.4 Å². The number of fused-ring (bicyclic) bond motifs is 2. The molecule has 2 heterocycles. The van der Waals surface area contributed by atoms with Crippen LogP contribution in [0.1, 0.15) is 12.8 Å². The van der Waals surface area contributed by atoms with Crippen LogP contribution >= 0.6 is 11.6 Å². The zero-order valence-electron chi connectivity index (χ0n) is 14.6. The number of ether oxygens (including phenoxy) is 1. The molecule has 2 aromatic carbocycles. The van der Waals surface area contributed by atoms with Crippen molar-refractivity contribution < 1.29 is 4.74 Å². The standard InChI is InChI=1S/C20H22ClN3O/c1-24-9-7-14(8-10-24)22-20-16-5-3-13(21)11-19(16)23-18-6-4-15(25-2)12-17(18)20/h3-6,11-12,14H,7-10H2,1-2H3,(H,22,23). The maximum absolute atomic E-state index is 6.19. The molecule has 0 amide bonds. The molecule has 0 radical (unpaired) electrons. The highest BCUT2D eigenvalue weighted by Gasteiger charge is 2.19. The Bertz CT molecular complexity index is 920. The smallest absolute Gasteiger partial charge is 0.119 e. The number of benzene rings is 2. The van der Waals surface area contributed by atoms with E-state index in [1.807, 2.05) is 24.3 Å². The average Bonchev–Trinajstić information content (AvgIpc) is 2.62. The first-order valence-electron chi connectivity index (χ1n) is 8.66. The van der Waals surface area contributed by atoms with Crippen LogP contribution in [0, 0.1) is 0 Å². The Kier molecular flexibility index (Phi) is 4.40. The molecule has 0 spiro atoms. The number of hydrogen-bond donors (Lipinski definition) is 1. The van der Waals surface area contributed by atoms with Crippen molar-refractivity contribution in [3.8, 4) is 5.75 Å². The molecule has 0 aliphatic carbocycles. The van der Waals surface area contributed by atoms with Gasteiger partial charge >= 0.3 is 0 Å². The largest absolute Gasteiger partial charge is 0.497 e. The summed E-state index contributed by atoms with van der Waals surface area (Å²) in [5, 5.41) is 6.69. The van der Waals surface area contributed by atoms with Gasteiger partial charge in [0, 0.05) is 21.8 Å². The summed E-state index contributed by atoms with van der Waals surface area (Å²) in [6, 6.07) is 12.4. The minimum absolute atomic E-state index is 0.465. The number of aromatic nitrogens is 1. The van der Waals surface area contributed by atoms with Crippen molar-refractivity contribution >= 4 is 39.1 Å². The third-order valence-electron chi connectivity index (χ3n) is 5.01. The Labute approximate surface area is 152 Å². The van der Waals surface area contributed by atoms with E-state index in [1.165, 1.54) is 0 Å². The number of hydrogen-bond acceptors (Lipinski definition) is 4. The average molecular weight is 356 g/mol. The van der Waals surface area contributed by atoms with Crippen molar-refractivity contribution in [2.24, 2.45) is 0 Å². The SMILES string of the molecule is COc1ccc2nc3cc(Cl)ccc3c(NC3CCN(C)CC3)c2c1. The Balaban J connectivity index is 1.86. The second-order valence-electron chi connectivity index (χ2n) is 6.75. The van der Waals surface area contributed by atoms with Crippen LogP contribution in [-0.2, 0) is 0 Å². The molecule has 0 atom stereocenters. The van der Waals surface area contributed by atoms with Crippen LogP contribution in [0.3, 0.4) is 0 Å². The molecule has 1 aromatic heterocycles. The summed E-state index contributed by atoms with van der Waals surface area (Å²) in [6.45, 7) is 2.24. The van der Waals surface area contributed by atoms with Crippen LogP contribution in [0.15, 0.2) is 36.4 Å². The monoisotopic (exact) mass is 355 g/mol. The molecule has 1 N–H and O–H groups in total. The highest BCUT2D eigenvalue weighted by molar-refractivity contribution is 6.31. The van der Waals surface area contributed by atoms with Crippen LogP contribution < -0.4 is 10.1 Å². The number of nitrogens with zero attached hydrogens (tertiary/aromatic N) is 2. The van der Waals surface area contributed by atoms with E-state index in [4.69, 9.17) is 21.3 Å². The molecule has 0 bridgehead atoms. The van der Waals surface area contributed by atoms with Crippen LogP contribution in [0.5, 0.6) is 5.75 Å². The van der Waals surface area contributed by atoms with Crippen molar-refractivity contribution in [2.45, 2.75) is 18.9 Å². The number of rotatable bonds is 3. The maximum Gasteiger partial charge on any atom is 0.119 e. The van der Waals surface area contributed by atoms with Gasteiger partial charge in [-0.2, -0.15) is 0 Å². The first kappa shape index (κ1) is 16.4. The van der Waals surface area contributed by atoms with E-state index in [0.717, 1.165) is 59.2 Å². The van der Waals surface area contributed by atoms with Gasteiger partial charge in [-0.15, -0.1) is 0 Å². The summed E-state index contributed by atoms with van der Waals surface area (Å²) < 4.78 is 5.43. The quantitative estimate of drug-likeness (QED) is 0.699. The number of nitrogens with one attached hydrogen (secondary N) is 1. The second-order valence-corrected chi connectivity index (χ2v) is 7.19. The molecule has 25 heavy (non-hydrogen) atoms. The normalized spacial score (nSPS) is 16.4. The van der Waals surface area contributed by atoms with Gasteiger partial charge in [0.05, 0.1) is 23.8 Å². The highest BCUT2D eigenvalue weighted by Crippen LogP contribution is 2.35. The van der Waals surface area contributed by atoms with Gasteiger partial charge < -0.3 is 15.0 Å². The molecule has 4 nitrogen and oxygen atoms in total. The number of methoxy groups -OCH3 is 1. The minimum Gasteiger partial charge on any atom is -0.497 e. The van der Waals surface area contributed by atoms with Gasteiger partial charge in [0.2, 0.25) is 0 Å². The van der Waals surface area contributed by atoms with Gasteiger partial charge in [-0.3, -0.25) is 0 Å². The van der Waals surface area contributed by atoms with Gasteiger partial charge in [-0.25, -0.2) is 4.98 Å². The van der Waals surface area contributed by atoms with Gasteiger partial charge in [0.1, 0.15) is 5.75 Å². The fourth-order valence-corrected chi connectivity index (χ4v) is 3.70. The first-order chi connectivity index (χ1) is 12.1. The Morgan fingerprint density at radius 3 is 2.64 bits per heavy atom. The zero-order chi connectivity index (χ0) is 17.4. The summed E-state index contributed by atoms with van der Waals surface area (Å²) in [5.74, 6) is 0.842. The van der Waals surface area contributed by atoms with Gasteiger partial charge in [0.25, 0.3) is 0 Å². The molecular formula is C20H22ClN3O. The van der Waals surface area contributed by atoms with Crippen molar-refractivity contribution in [3.63, 3.8) is 0 Å². The predicted octanol–water partition coefficient (Wildman–Crippen LogP) is 4.56. The lowest BCUT2D eigenvalue weighted by Crippen LogP contribution is -2.36. The molecule has 0 unspecified atom stereocenters. The Morgan fingerprint density at radius 1 is 1.08 bits per heavy atom. The lowest BCUT2D eigenvalue weighted by molar-refractivity contribution is 0.264. The topological polar surface area (TPSA) is 37.4 Å². The molecule has 3 aromatic rings. The summed E-state index contributed by atoms with van der Waals surface area (Å²) in [6.07, 6.45) is 2.28. The van der Waals surface area contributed by atoms with Crippen LogP contribution in [0.2, 0.25) is 5.02 Å². The summed E-state index contributed by atoms with van der Waals surface area (Å²) >= 11 is 6.19. The molecule has 4 rings (SSSR count). The third-order valence-corrected chi connectivity index (χ3v) is 5.25. The van der Waals surface area contributed by atoms with Crippen molar-refractivity contribution in [2.75, 3.05) is 32.6 Å². The van der Waals surface area contributed by atoms with E-state index in [1.54, 1.807) is 7.11 Å². The van der Waals surface area contributed by atoms with E-state index in [9.17, 15) is 0 Å². The van der Waals surface area contributed by atoms with Crippen molar-refractivity contribution in [3.05, 3.63) is 41.4 Å². The molecular weight excluding hydrogens is 334 g/mol. The number of anilines is 1. The highest BCUT2D eigenvalue weighted by atomic mass is 35.5. The zero-order valence-corrected chi connectivity index (χ0v) is 15.3. The number of piperidine rings is 1. The van der Waals surface area contributed by atoms with E-state index in [2.05, 4.69) is 29.4 Å². The van der Waals surface area contributed by atoms with Crippen LogP contribution in [0.25, 0.3) is 21.8 Å². The maximum atomic E-state index is 6.19. The molecule has 130 valence electrons. The van der Waals surface area contributed by atoms with E-state index in [-0.39, 0.29) is 0 Å². The second kappa shape index (κ2) is 6.70. The lowest BCUT2D eigenvalue weighted by Gasteiger charge is -2.31. The van der Waals surface area contributed by atoms with Crippen molar-refractivity contribution in [1.29, 1.82) is 0 Å². The fraction of sp³-hybridized carbons (Fsp3) is 0.350. The van der Waals surface area contributed by atoms with E-state index in [0.29, 0.717) is 11.1 Å². The molecule has 0 saturated carbocycles. The van der Waals surface area contributed by atoms with Gasteiger partial charge in [-0.1, -0.05) is 11.6 Å². The van der Waals surface area contributed by atoms with Gasteiger partial charge in [0.15, 0.2) is 0 Å². The Morgan fingerprint density at radius 2 is 1.88 bits per heavy atom. The summed E-state index contributed by atoms with van der Waals surface area (Å²) in [5.41, 5.74) is 3.00. The number of pyridine rings is 1. The van der Waals surface area contributed by atoms with E-state index < -0.39 is 0 Å². The van der Waals surface area contributed by atoms with Crippen molar-refractivity contribution in [1.82, 2.24) is 9.88 Å². The number of halogens is 1.